The zero-order valence-corrected chi connectivity index (χ0v) is 12.0. The number of carbonyl (C=O) groups excluding carboxylic acids is 2. The Labute approximate surface area is 123 Å². The second-order valence-corrected chi connectivity index (χ2v) is 5.55. The van der Waals surface area contributed by atoms with E-state index in [1.165, 1.54) is 12.8 Å². The van der Waals surface area contributed by atoms with Crippen LogP contribution in [0.4, 0.5) is 5.69 Å². The number of carbonyl (C=O) groups is 2. The van der Waals surface area contributed by atoms with Crippen LogP contribution in [-0.2, 0) is 4.79 Å². The lowest BCUT2D eigenvalue weighted by Gasteiger charge is -2.23. The lowest BCUT2D eigenvalue weighted by molar-refractivity contribution is -0.124. The zero-order valence-electron chi connectivity index (χ0n) is 12.0. The van der Waals surface area contributed by atoms with Crippen LogP contribution in [0.1, 0.15) is 36.2 Å². The molecule has 1 aromatic rings. The van der Waals surface area contributed by atoms with Gasteiger partial charge in [-0.3, -0.25) is 14.6 Å². The van der Waals surface area contributed by atoms with E-state index < -0.39 is 6.04 Å². The number of piperidine rings is 1. The number of rotatable bonds is 3. The molecule has 2 N–H and O–H groups in total. The summed E-state index contributed by atoms with van der Waals surface area (Å²) in [5.41, 5.74) is 1.40. The zero-order chi connectivity index (χ0) is 14.7. The monoisotopic (exact) mass is 288 g/mol. The third kappa shape index (κ3) is 3.15. The van der Waals surface area contributed by atoms with E-state index in [-0.39, 0.29) is 11.8 Å². The Kier molecular flexibility index (Phi) is 4.03. The van der Waals surface area contributed by atoms with Crippen LogP contribution in [-0.4, -0.2) is 42.5 Å². The van der Waals surface area contributed by atoms with Crippen LogP contribution >= 0.6 is 0 Å². The highest BCUT2D eigenvalue weighted by molar-refractivity contribution is 5.96. The van der Waals surface area contributed by atoms with Crippen LogP contribution < -0.4 is 15.5 Å². The molecule has 0 aliphatic carbocycles. The second-order valence-electron chi connectivity index (χ2n) is 5.55. The fourth-order valence-electron chi connectivity index (χ4n) is 2.86. The molecule has 21 heavy (non-hydrogen) atoms. The summed E-state index contributed by atoms with van der Waals surface area (Å²) in [7, 11) is 0. The van der Waals surface area contributed by atoms with Crippen molar-refractivity contribution < 1.29 is 9.59 Å². The molecule has 0 bridgehead atoms. The number of nitrogens with one attached hydrogen (secondary N) is 2. The van der Waals surface area contributed by atoms with Gasteiger partial charge in [-0.25, -0.2) is 0 Å². The first-order valence-electron chi connectivity index (χ1n) is 7.53. The summed E-state index contributed by atoms with van der Waals surface area (Å²) in [5, 5.41) is 5.53. The third-order valence-electron chi connectivity index (χ3n) is 4.04. The van der Waals surface area contributed by atoms with Crippen LogP contribution in [0, 0.1) is 0 Å². The highest BCUT2D eigenvalue weighted by Gasteiger charge is 2.24. The average Bonchev–Trinajstić information content (AvgIpc) is 3.04. The van der Waals surface area contributed by atoms with Gasteiger partial charge < -0.3 is 15.5 Å². The lowest BCUT2D eigenvalue weighted by atomic mass is 10.1. The van der Waals surface area contributed by atoms with E-state index in [0.29, 0.717) is 18.7 Å². The first-order valence-corrected chi connectivity index (χ1v) is 7.53. The minimum Gasteiger partial charge on any atom is -0.371 e. The first-order chi connectivity index (χ1) is 10.2. The van der Waals surface area contributed by atoms with E-state index in [9.17, 15) is 9.59 Å². The number of anilines is 1. The predicted octanol–water partition coefficient (Wildman–Crippen LogP) is 0.690. The standard InChI is InChI=1S/C15H20N4O2/c20-14-12(4-3-6-17-14)18-15(21)13-10-11(5-7-16-13)19-8-1-2-9-19/h5,7,10,12H,1-4,6,8-9H2,(H,17,20)(H,18,21). The Balaban J connectivity index is 1.69. The summed E-state index contributed by atoms with van der Waals surface area (Å²) in [5.74, 6) is -0.386. The van der Waals surface area contributed by atoms with E-state index in [0.717, 1.165) is 25.2 Å². The Hall–Kier alpha value is -2.11. The molecule has 6 nitrogen and oxygen atoms in total. The van der Waals surface area contributed by atoms with Crippen LogP contribution in [0.5, 0.6) is 0 Å². The molecule has 1 atom stereocenters. The van der Waals surface area contributed by atoms with Crippen LogP contribution in [0.2, 0.25) is 0 Å². The normalized spacial score (nSPS) is 22.0. The molecule has 2 aliphatic rings. The number of hydrogen-bond donors (Lipinski definition) is 2. The molecule has 1 unspecified atom stereocenters. The first kappa shape index (κ1) is 13.9. The van der Waals surface area contributed by atoms with E-state index >= 15 is 0 Å². The molecule has 3 rings (SSSR count). The Morgan fingerprint density at radius 2 is 2.14 bits per heavy atom. The molecule has 0 aromatic carbocycles. The smallest absolute Gasteiger partial charge is 0.270 e. The van der Waals surface area contributed by atoms with E-state index in [4.69, 9.17) is 0 Å². The van der Waals surface area contributed by atoms with Crippen LogP contribution in [0.15, 0.2) is 18.3 Å². The van der Waals surface area contributed by atoms with Crippen molar-refractivity contribution in [3.63, 3.8) is 0 Å². The van der Waals surface area contributed by atoms with Crippen molar-refractivity contribution in [2.75, 3.05) is 24.5 Å². The van der Waals surface area contributed by atoms with Crippen LogP contribution in [0.25, 0.3) is 0 Å². The van der Waals surface area contributed by atoms with Gasteiger partial charge in [0.05, 0.1) is 0 Å². The number of nitrogens with zero attached hydrogens (tertiary/aromatic N) is 2. The highest BCUT2D eigenvalue weighted by Crippen LogP contribution is 2.20. The summed E-state index contributed by atoms with van der Waals surface area (Å²) >= 11 is 0. The molecular weight excluding hydrogens is 268 g/mol. The fraction of sp³-hybridized carbons (Fsp3) is 0.533. The van der Waals surface area contributed by atoms with Gasteiger partial charge in [-0.15, -0.1) is 0 Å². The summed E-state index contributed by atoms with van der Waals surface area (Å²) < 4.78 is 0. The molecule has 0 saturated carbocycles. The van der Waals surface area contributed by atoms with E-state index in [1.54, 1.807) is 12.3 Å². The molecule has 6 heteroatoms. The van der Waals surface area contributed by atoms with E-state index in [2.05, 4.69) is 20.5 Å². The summed E-state index contributed by atoms with van der Waals surface area (Å²) in [6.45, 7) is 2.74. The topological polar surface area (TPSA) is 74.3 Å². The molecular formula is C15H20N4O2. The Bertz CT molecular complexity index is 540. The summed E-state index contributed by atoms with van der Waals surface area (Å²) in [6.07, 6.45) is 5.60. The van der Waals surface area contributed by atoms with Gasteiger partial charge in [-0.2, -0.15) is 0 Å². The van der Waals surface area contributed by atoms with Crippen molar-refractivity contribution >= 4 is 17.5 Å². The van der Waals surface area contributed by atoms with Gasteiger partial charge in [-0.05, 0) is 37.8 Å². The summed E-state index contributed by atoms with van der Waals surface area (Å²) in [6, 6.07) is 3.29. The molecule has 112 valence electrons. The van der Waals surface area contributed by atoms with Crippen molar-refractivity contribution in [3.8, 4) is 0 Å². The van der Waals surface area contributed by atoms with Crippen molar-refractivity contribution in [3.05, 3.63) is 24.0 Å². The minimum atomic E-state index is -0.441. The van der Waals surface area contributed by atoms with Gasteiger partial charge in [0.1, 0.15) is 11.7 Å². The maximum Gasteiger partial charge on any atom is 0.270 e. The van der Waals surface area contributed by atoms with Gasteiger partial charge in [0.15, 0.2) is 0 Å². The van der Waals surface area contributed by atoms with Crippen LogP contribution in [0.3, 0.4) is 0 Å². The SMILES string of the molecule is O=C(NC1CCCNC1=O)c1cc(N2CCCC2)ccn1. The largest absolute Gasteiger partial charge is 0.371 e. The van der Waals surface area contributed by atoms with E-state index in [1.807, 2.05) is 6.07 Å². The highest BCUT2D eigenvalue weighted by atomic mass is 16.2. The molecule has 2 saturated heterocycles. The second kappa shape index (κ2) is 6.11. The molecule has 2 amide bonds. The molecule has 0 spiro atoms. The molecule has 2 aliphatic heterocycles. The molecule has 1 aromatic heterocycles. The quantitative estimate of drug-likeness (QED) is 0.858. The molecule has 3 heterocycles. The fourth-order valence-corrected chi connectivity index (χ4v) is 2.86. The number of hydrogen-bond acceptors (Lipinski definition) is 4. The van der Waals surface area contributed by atoms with Gasteiger partial charge in [0.2, 0.25) is 5.91 Å². The van der Waals surface area contributed by atoms with Crippen molar-refractivity contribution in [2.24, 2.45) is 0 Å². The molecule has 0 radical (unpaired) electrons. The Morgan fingerprint density at radius 3 is 2.90 bits per heavy atom. The maximum absolute atomic E-state index is 12.3. The lowest BCUT2D eigenvalue weighted by Crippen LogP contribution is -2.50. The van der Waals surface area contributed by atoms with Crippen molar-refractivity contribution in [1.29, 1.82) is 0 Å². The van der Waals surface area contributed by atoms with Crippen molar-refractivity contribution in [1.82, 2.24) is 15.6 Å². The maximum atomic E-state index is 12.3. The summed E-state index contributed by atoms with van der Waals surface area (Å²) in [4.78, 5) is 30.3. The van der Waals surface area contributed by atoms with Gasteiger partial charge in [-0.1, -0.05) is 0 Å². The minimum absolute atomic E-state index is 0.106. The third-order valence-corrected chi connectivity index (χ3v) is 4.04. The Morgan fingerprint density at radius 1 is 1.33 bits per heavy atom. The molecule has 2 fully saturated rings. The van der Waals surface area contributed by atoms with Crippen molar-refractivity contribution in [2.45, 2.75) is 31.7 Å². The number of aromatic nitrogens is 1. The average molecular weight is 288 g/mol. The van der Waals surface area contributed by atoms with Gasteiger partial charge in [0.25, 0.3) is 5.91 Å². The number of pyridine rings is 1. The predicted molar refractivity (Wildman–Crippen MR) is 79.2 cm³/mol. The van der Waals surface area contributed by atoms with Gasteiger partial charge >= 0.3 is 0 Å². The number of amides is 2. The van der Waals surface area contributed by atoms with Gasteiger partial charge in [0, 0.05) is 31.5 Å².